The van der Waals surface area contributed by atoms with Crippen LogP contribution >= 0.6 is 0 Å². The Morgan fingerprint density at radius 3 is 2.67 bits per heavy atom. The van der Waals surface area contributed by atoms with E-state index in [9.17, 15) is 0 Å². The van der Waals surface area contributed by atoms with E-state index in [2.05, 4.69) is 47.4 Å². The minimum atomic E-state index is 0.555. The highest BCUT2D eigenvalue weighted by atomic mass is 16.5. The average molecular weight is 363 g/mol. The molecule has 140 valence electrons. The van der Waals surface area contributed by atoms with Crippen LogP contribution in [0.4, 0.5) is 0 Å². The van der Waals surface area contributed by atoms with Gasteiger partial charge in [0.2, 0.25) is 5.82 Å². The van der Waals surface area contributed by atoms with Crippen molar-refractivity contribution in [1.82, 2.24) is 10.1 Å². The molecule has 0 unspecified atom stereocenters. The first-order valence-corrected chi connectivity index (χ1v) is 9.15. The highest BCUT2D eigenvalue weighted by Gasteiger charge is 2.13. The first-order chi connectivity index (χ1) is 13.2. The summed E-state index contributed by atoms with van der Waals surface area (Å²) in [6.45, 7) is 2.76. The van der Waals surface area contributed by atoms with Gasteiger partial charge in [-0.25, -0.2) is 0 Å². The molecule has 0 aliphatic carbocycles. The van der Waals surface area contributed by atoms with E-state index in [-0.39, 0.29) is 0 Å². The number of nitrogens with zero attached hydrogens (tertiary/aromatic N) is 2. The van der Waals surface area contributed by atoms with Crippen molar-refractivity contribution < 1.29 is 9.26 Å². The van der Waals surface area contributed by atoms with Crippen molar-refractivity contribution in [2.45, 2.75) is 26.2 Å². The molecule has 3 aromatic rings. The van der Waals surface area contributed by atoms with E-state index in [1.807, 2.05) is 24.3 Å². The molecule has 27 heavy (non-hydrogen) atoms. The third-order valence-electron chi connectivity index (χ3n) is 4.33. The van der Waals surface area contributed by atoms with Gasteiger partial charge in [-0.15, -0.1) is 0 Å². The van der Waals surface area contributed by atoms with E-state index in [1.54, 1.807) is 7.11 Å². The molecule has 0 saturated carbocycles. The highest BCUT2D eigenvalue weighted by Crippen LogP contribution is 2.26. The van der Waals surface area contributed by atoms with Crippen molar-refractivity contribution in [3.63, 3.8) is 0 Å². The second kappa shape index (κ2) is 9.14. The summed E-state index contributed by atoms with van der Waals surface area (Å²) in [7, 11) is 1.64. The Labute approximate surface area is 159 Å². The lowest BCUT2D eigenvalue weighted by Crippen LogP contribution is -1.98. The molecule has 0 aliphatic heterocycles. The molecule has 2 aromatic carbocycles. The minimum Gasteiger partial charge on any atom is -0.497 e. The van der Waals surface area contributed by atoms with Crippen molar-refractivity contribution in [3.8, 4) is 17.1 Å². The van der Waals surface area contributed by atoms with Gasteiger partial charge in [0.1, 0.15) is 5.75 Å². The van der Waals surface area contributed by atoms with Crippen molar-refractivity contribution in [2.75, 3.05) is 13.7 Å². The normalized spacial score (nSPS) is 11.6. The van der Waals surface area contributed by atoms with Crippen LogP contribution in [0.1, 0.15) is 36.3 Å². The Morgan fingerprint density at radius 1 is 1.15 bits per heavy atom. The summed E-state index contributed by atoms with van der Waals surface area (Å²) in [5, 5.41) is 4.16. The zero-order chi connectivity index (χ0) is 19.1. The van der Waals surface area contributed by atoms with Crippen molar-refractivity contribution in [2.24, 2.45) is 5.73 Å². The number of benzene rings is 2. The quantitative estimate of drug-likeness (QED) is 0.586. The summed E-state index contributed by atoms with van der Waals surface area (Å²) >= 11 is 0. The smallest absolute Gasteiger partial charge is 0.254 e. The molecule has 0 spiro atoms. The van der Waals surface area contributed by atoms with Crippen molar-refractivity contribution >= 4 is 11.6 Å². The van der Waals surface area contributed by atoms with Crippen LogP contribution in [-0.2, 0) is 0 Å². The molecule has 0 fully saturated rings. The van der Waals surface area contributed by atoms with E-state index in [0.717, 1.165) is 41.7 Å². The van der Waals surface area contributed by atoms with E-state index < -0.39 is 0 Å². The first-order valence-electron chi connectivity index (χ1n) is 9.15. The van der Waals surface area contributed by atoms with Crippen LogP contribution in [0, 0.1) is 6.92 Å². The number of nitrogens with two attached hydrogens (primary N) is 1. The predicted octanol–water partition coefficient (Wildman–Crippen LogP) is 4.72. The zero-order valence-electron chi connectivity index (χ0n) is 15.8. The van der Waals surface area contributed by atoms with Gasteiger partial charge >= 0.3 is 0 Å². The van der Waals surface area contributed by atoms with Gasteiger partial charge in [-0.05, 0) is 68.6 Å². The SMILES string of the molecule is COc1ccc(-c2noc(/C(=C/c3cccc(C)c3)CCCCN)n2)cc1. The number of methoxy groups -OCH3 is 1. The largest absolute Gasteiger partial charge is 0.497 e. The third-order valence-corrected chi connectivity index (χ3v) is 4.33. The monoisotopic (exact) mass is 363 g/mol. The molecule has 0 saturated heterocycles. The summed E-state index contributed by atoms with van der Waals surface area (Å²) in [6, 6.07) is 16.0. The fourth-order valence-electron chi connectivity index (χ4n) is 2.87. The molecule has 2 N–H and O–H groups in total. The van der Waals surface area contributed by atoms with Crippen LogP contribution in [0.2, 0.25) is 0 Å². The lowest BCUT2D eigenvalue weighted by molar-refractivity contribution is 0.406. The first kappa shape index (κ1) is 18.9. The second-order valence-electron chi connectivity index (χ2n) is 6.48. The summed E-state index contributed by atoms with van der Waals surface area (Å²) in [4.78, 5) is 4.62. The molecule has 5 heteroatoms. The van der Waals surface area contributed by atoms with Gasteiger partial charge in [-0.3, -0.25) is 0 Å². The van der Waals surface area contributed by atoms with E-state index in [1.165, 1.54) is 5.56 Å². The number of unbranched alkanes of at least 4 members (excludes halogenated alkanes) is 1. The standard InChI is InChI=1S/C22H25N3O2/c1-16-6-5-7-17(14-16)15-19(8-3-4-13-23)22-24-21(25-27-22)18-9-11-20(26-2)12-10-18/h5-7,9-12,14-15H,3-4,8,13,23H2,1-2H3/b19-15+. The highest BCUT2D eigenvalue weighted by molar-refractivity contribution is 5.78. The zero-order valence-corrected chi connectivity index (χ0v) is 15.8. The Kier molecular flexibility index (Phi) is 6.39. The molecule has 3 rings (SSSR count). The van der Waals surface area contributed by atoms with Crippen LogP contribution in [0.25, 0.3) is 23.0 Å². The van der Waals surface area contributed by atoms with Crippen LogP contribution in [-0.4, -0.2) is 23.8 Å². The maximum absolute atomic E-state index is 5.65. The third kappa shape index (κ3) is 5.05. The molecule has 0 amide bonds. The minimum absolute atomic E-state index is 0.555. The average Bonchev–Trinajstić information content (AvgIpc) is 3.17. The van der Waals surface area contributed by atoms with E-state index in [0.29, 0.717) is 18.3 Å². The molecular formula is C22H25N3O2. The predicted molar refractivity (Wildman–Crippen MR) is 108 cm³/mol. The fraction of sp³-hybridized carbons (Fsp3) is 0.273. The van der Waals surface area contributed by atoms with E-state index >= 15 is 0 Å². The lowest BCUT2D eigenvalue weighted by Gasteiger charge is -2.04. The second-order valence-corrected chi connectivity index (χ2v) is 6.48. The van der Waals surface area contributed by atoms with Gasteiger partial charge in [-0.1, -0.05) is 35.0 Å². The number of rotatable bonds is 8. The number of aryl methyl sites for hydroxylation is 1. The van der Waals surface area contributed by atoms with Gasteiger partial charge in [0.15, 0.2) is 0 Å². The number of allylic oxidation sites excluding steroid dienone is 1. The summed E-state index contributed by atoms with van der Waals surface area (Å²) in [5.74, 6) is 1.92. The Bertz CT molecular complexity index is 898. The van der Waals surface area contributed by atoms with E-state index in [4.69, 9.17) is 15.0 Å². The van der Waals surface area contributed by atoms with Crippen molar-refractivity contribution in [3.05, 3.63) is 65.5 Å². The van der Waals surface area contributed by atoms with Crippen LogP contribution in [0.5, 0.6) is 5.75 Å². The molecule has 1 heterocycles. The number of ether oxygens (including phenoxy) is 1. The van der Waals surface area contributed by atoms with Gasteiger partial charge in [0.25, 0.3) is 5.89 Å². The number of aromatic nitrogens is 2. The Balaban J connectivity index is 1.88. The Morgan fingerprint density at radius 2 is 1.96 bits per heavy atom. The summed E-state index contributed by atoms with van der Waals surface area (Å²) < 4.78 is 10.8. The van der Waals surface area contributed by atoms with Gasteiger partial charge < -0.3 is 15.0 Å². The van der Waals surface area contributed by atoms with Gasteiger partial charge in [0, 0.05) is 11.1 Å². The number of hydrogen-bond donors (Lipinski definition) is 1. The van der Waals surface area contributed by atoms with Gasteiger partial charge in [0.05, 0.1) is 7.11 Å². The molecule has 5 nitrogen and oxygen atoms in total. The maximum Gasteiger partial charge on any atom is 0.254 e. The molecule has 0 atom stereocenters. The molecule has 1 aromatic heterocycles. The molecule has 0 bridgehead atoms. The molecule has 0 aliphatic rings. The van der Waals surface area contributed by atoms with Crippen LogP contribution in [0.15, 0.2) is 53.1 Å². The lowest BCUT2D eigenvalue weighted by atomic mass is 10.0. The topological polar surface area (TPSA) is 74.2 Å². The molecule has 0 radical (unpaired) electrons. The van der Waals surface area contributed by atoms with Crippen LogP contribution in [0.3, 0.4) is 0 Å². The maximum atomic E-state index is 5.65. The van der Waals surface area contributed by atoms with Crippen LogP contribution < -0.4 is 10.5 Å². The molecular weight excluding hydrogens is 338 g/mol. The summed E-state index contributed by atoms with van der Waals surface area (Å²) in [5.41, 5.74) is 9.91. The summed E-state index contributed by atoms with van der Waals surface area (Å²) in [6.07, 6.45) is 4.91. The fourth-order valence-corrected chi connectivity index (χ4v) is 2.87. The van der Waals surface area contributed by atoms with Gasteiger partial charge in [-0.2, -0.15) is 4.98 Å². The Hall–Kier alpha value is -2.92. The van der Waals surface area contributed by atoms with Crippen molar-refractivity contribution in [1.29, 1.82) is 0 Å². The number of hydrogen-bond acceptors (Lipinski definition) is 5.